The van der Waals surface area contributed by atoms with E-state index in [1.807, 2.05) is 24.3 Å². The van der Waals surface area contributed by atoms with E-state index >= 15 is 0 Å². The highest BCUT2D eigenvalue weighted by Gasteiger charge is 2.32. The van der Waals surface area contributed by atoms with Gasteiger partial charge in [-0.2, -0.15) is 0 Å². The first-order valence-electron chi connectivity index (χ1n) is 8.44. The van der Waals surface area contributed by atoms with E-state index in [4.69, 9.17) is 11.6 Å². The second-order valence-electron chi connectivity index (χ2n) is 6.11. The molecule has 0 aromatic heterocycles. The third-order valence-corrected chi connectivity index (χ3v) is 4.97. The van der Waals surface area contributed by atoms with E-state index in [2.05, 4.69) is 20.9 Å². The molecule has 0 spiro atoms. The fraction of sp³-hybridized carbons (Fsp3) is 0. The second kappa shape index (κ2) is 7.70. The largest absolute Gasteiger partial charge is 0.282 e. The Bertz CT molecular complexity index is 1130. The Kier molecular flexibility index (Phi) is 5.11. The standard InChI is InChI=1S/C22H13BrClFN2O/c23-16-5-3-6-18(13-16)27-21(14-8-10-17(24)11-9-14)26-20(22(27)28)12-15-4-1-2-7-19(15)25/h1-13H/b20-12+. The summed E-state index contributed by atoms with van der Waals surface area (Å²) in [6.45, 7) is 0. The molecule has 4 rings (SSSR count). The van der Waals surface area contributed by atoms with Crippen molar-refractivity contribution >= 4 is 51.0 Å². The Balaban J connectivity index is 1.85. The summed E-state index contributed by atoms with van der Waals surface area (Å²) in [5.74, 6) is -0.277. The molecule has 0 saturated carbocycles. The van der Waals surface area contributed by atoms with Crippen LogP contribution < -0.4 is 4.90 Å². The average molecular weight is 456 g/mol. The normalized spacial score (nSPS) is 15.2. The first-order valence-corrected chi connectivity index (χ1v) is 9.61. The van der Waals surface area contributed by atoms with Gasteiger partial charge >= 0.3 is 0 Å². The van der Waals surface area contributed by atoms with Crippen LogP contribution in [-0.2, 0) is 4.79 Å². The zero-order chi connectivity index (χ0) is 19.7. The highest BCUT2D eigenvalue weighted by atomic mass is 79.9. The third-order valence-electron chi connectivity index (χ3n) is 4.23. The maximum atomic E-state index is 14.1. The van der Waals surface area contributed by atoms with Gasteiger partial charge in [-0.05, 0) is 54.6 Å². The maximum Gasteiger partial charge on any atom is 0.282 e. The maximum absolute atomic E-state index is 14.1. The summed E-state index contributed by atoms with van der Waals surface area (Å²) < 4.78 is 14.9. The minimum absolute atomic E-state index is 0.162. The molecule has 0 bridgehead atoms. The highest BCUT2D eigenvalue weighted by molar-refractivity contribution is 9.10. The van der Waals surface area contributed by atoms with Crippen molar-refractivity contribution in [3.8, 4) is 0 Å². The second-order valence-corrected chi connectivity index (χ2v) is 7.47. The Morgan fingerprint density at radius 1 is 1.00 bits per heavy atom. The van der Waals surface area contributed by atoms with Gasteiger partial charge in [-0.25, -0.2) is 9.38 Å². The van der Waals surface area contributed by atoms with Crippen molar-refractivity contribution < 1.29 is 9.18 Å². The van der Waals surface area contributed by atoms with Crippen LogP contribution in [0.15, 0.2) is 88.0 Å². The SMILES string of the molecule is O=C1/C(=C\c2ccccc2F)N=C(c2ccc(Cl)cc2)N1c1cccc(Br)c1. The highest BCUT2D eigenvalue weighted by Crippen LogP contribution is 2.30. The monoisotopic (exact) mass is 454 g/mol. The fourth-order valence-electron chi connectivity index (χ4n) is 2.90. The van der Waals surface area contributed by atoms with Crippen LogP contribution in [0, 0.1) is 5.82 Å². The van der Waals surface area contributed by atoms with Crippen LogP contribution in [-0.4, -0.2) is 11.7 Å². The lowest BCUT2D eigenvalue weighted by Gasteiger charge is -2.18. The molecule has 3 nitrogen and oxygen atoms in total. The summed E-state index contributed by atoms with van der Waals surface area (Å²) in [6, 6.07) is 20.7. The van der Waals surface area contributed by atoms with Crippen LogP contribution in [0.3, 0.4) is 0 Å². The number of hydrogen-bond donors (Lipinski definition) is 0. The molecule has 1 aliphatic rings. The molecule has 0 aliphatic carbocycles. The molecule has 1 aliphatic heterocycles. The molecule has 6 heteroatoms. The number of amidine groups is 1. The average Bonchev–Trinajstić information content (AvgIpc) is 3.00. The molecule has 0 unspecified atom stereocenters. The van der Waals surface area contributed by atoms with Crippen molar-refractivity contribution in [2.24, 2.45) is 4.99 Å². The quantitative estimate of drug-likeness (QED) is 0.441. The van der Waals surface area contributed by atoms with Crippen molar-refractivity contribution in [1.82, 2.24) is 0 Å². The first kappa shape index (κ1) is 18.6. The number of anilines is 1. The molecule has 0 atom stereocenters. The zero-order valence-corrected chi connectivity index (χ0v) is 16.8. The number of carbonyl (C=O) groups is 1. The smallest absolute Gasteiger partial charge is 0.266 e. The number of rotatable bonds is 3. The van der Waals surface area contributed by atoms with Crippen LogP contribution >= 0.6 is 27.5 Å². The van der Waals surface area contributed by atoms with E-state index in [1.54, 1.807) is 42.5 Å². The Morgan fingerprint density at radius 2 is 1.75 bits per heavy atom. The van der Waals surface area contributed by atoms with Crippen molar-refractivity contribution in [3.63, 3.8) is 0 Å². The molecule has 0 saturated heterocycles. The van der Waals surface area contributed by atoms with Crippen molar-refractivity contribution in [2.45, 2.75) is 0 Å². The van der Waals surface area contributed by atoms with Crippen LogP contribution in [0.4, 0.5) is 10.1 Å². The molecule has 0 radical (unpaired) electrons. The number of hydrogen-bond acceptors (Lipinski definition) is 2. The van der Waals surface area contributed by atoms with E-state index in [9.17, 15) is 9.18 Å². The molecule has 28 heavy (non-hydrogen) atoms. The summed E-state index contributed by atoms with van der Waals surface area (Å²) in [4.78, 5) is 19.2. The Morgan fingerprint density at radius 3 is 2.46 bits per heavy atom. The Labute approximate surface area is 174 Å². The van der Waals surface area contributed by atoms with Gasteiger partial charge in [0.1, 0.15) is 17.3 Å². The van der Waals surface area contributed by atoms with Crippen LogP contribution in [0.1, 0.15) is 11.1 Å². The lowest BCUT2D eigenvalue weighted by molar-refractivity contribution is -0.113. The van der Waals surface area contributed by atoms with Crippen molar-refractivity contribution in [3.05, 3.63) is 105 Å². The van der Waals surface area contributed by atoms with Gasteiger partial charge in [-0.1, -0.05) is 51.8 Å². The topological polar surface area (TPSA) is 32.7 Å². The van der Waals surface area contributed by atoms with Gasteiger partial charge in [-0.3, -0.25) is 9.69 Å². The number of nitrogens with zero attached hydrogens (tertiary/aromatic N) is 2. The fourth-order valence-corrected chi connectivity index (χ4v) is 3.42. The molecule has 1 amide bonds. The molecule has 0 N–H and O–H groups in total. The van der Waals surface area contributed by atoms with Gasteiger partial charge in [0.15, 0.2) is 0 Å². The van der Waals surface area contributed by atoms with E-state index in [1.165, 1.54) is 17.0 Å². The van der Waals surface area contributed by atoms with Gasteiger partial charge in [0, 0.05) is 20.6 Å². The molecule has 1 heterocycles. The third kappa shape index (κ3) is 3.63. The number of benzene rings is 3. The van der Waals surface area contributed by atoms with Crippen molar-refractivity contribution in [1.29, 1.82) is 0 Å². The van der Waals surface area contributed by atoms with Gasteiger partial charge in [0.2, 0.25) is 0 Å². The predicted molar refractivity (Wildman–Crippen MR) is 114 cm³/mol. The lowest BCUT2D eigenvalue weighted by atomic mass is 10.1. The van der Waals surface area contributed by atoms with Gasteiger partial charge in [-0.15, -0.1) is 0 Å². The molecule has 3 aromatic rings. The van der Waals surface area contributed by atoms with Crippen LogP contribution in [0.5, 0.6) is 0 Å². The predicted octanol–water partition coefficient (Wildman–Crippen LogP) is 6.08. The summed E-state index contributed by atoms with van der Waals surface area (Å²) in [5, 5.41) is 0.588. The molecular weight excluding hydrogens is 443 g/mol. The molecular formula is C22H13BrClFN2O. The minimum atomic E-state index is -0.410. The summed E-state index contributed by atoms with van der Waals surface area (Å²) in [7, 11) is 0. The van der Waals surface area contributed by atoms with Gasteiger partial charge in [0.25, 0.3) is 5.91 Å². The molecule has 0 fully saturated rings. The number of carbonyl (C=O) groups excluding carboxylic acids is 1. The van der Waals surface area contributed by atoms with E-state index < -0.39 is 5.82 Å². The first-order chi connectivity index (χ1) is 13.5. The lowest BCUT2D eigenvalue weighted by Crippen LogP contribution is -2.32. The van der Waals surface area contributed by atoms with Gasteiger partial charge in [0.05, 0.1) is 5.69 Å². The minimum Gasteiger partial charge on any atom is -0.266 e. The van der Waals surface area contributed by atoms with E-state index in [0.29, 0.717) is 22.1 Å². The van der Waals surface area contributed by atoms with Gasteiger partial charge < -0.3 is 0 Å². The Hall–Kier alpha value is -2.76. The van der Waals surface area contributed by atoms with E-state index in [0.717, 1.165) is 10.0 Å². The van der Waals surface area contributed by atoms with E-state index in [-0.39, 0.29) is 11.6 Å². The summed E-state index contributed by atoms with van der Waals surface area (Å²) >= 11 is 9.43. The summed E-state index contributed by atoms with van der Waals surface area (Å²) in [5.41, 5.74) is 1.86. The zero-order valence-electron chi connectivity index (χ0n) is 14.4. The van der Waals surface area contributed by atoms with Crippen LogP contribution in [0.25, 0.3) is 6.08 Å². The number of aliphatic imine (C=N–C) groups is 1. The van der Waals surface area contributed by atoms with Crippen molar-refractivity contribution in [2.75, 3.05) is 4.90 Å². The number of amides is 1. The number of halogens is 3. The van der Waals surface area contributed by atoms with Crippen LogP contribution in [0.2, 0.25) is 5.02 Å². The molecule has 138 valence electrons. The summed E-state index contributed by atoms with van der Waals surface area (Å²) in [6.07, 6.45) is 1.46. The molecule has 3 aromatic carbocycles.